The molecule has 0 bridgehead atoms. The van der Waals surface area contributed by atoms with Gasteiger partial charge in [-0.3, -0.25) is 0 Å². The molecule has 0 unspecified atom stereocenters. The summed E-state index contributed by atoms with van der Waals surface area (Å²) in [6.45, 7) is 0. The molecule has 0 N–H and O–H groups in total. The zero-order valence-electron chi connectivity index (χ0n) is 6.34. The van der Waals surface area contributed by atoms with E-state index in [-0.39, 0.29) is 12.2 Å². The van der Waals surface area contributed by atoms with Gasteiger partial charge in [-0.25, -0.2) is 9.97 Å². The molecule has 0 aromatic carbocycles. The number of nitrogens with zero attached hydrogens (tertiary/aromatic N) is 3. The highest BCUT2D eigenvalue weighted by Gasteiger charge is 2.31. The predicted molar refractivity (Wildman–Crippen MR) is 36.4 cm³/mol. The molecule has 0 atom stereocenters. The molecule has 0 aliphatic rings. The topological polar surface area (TPSA) is 49.6 Å². The van der Waals surface area contributed by atoms with Gasteiger partial charge in [0.1, 0.15) is 5.82 Å². The van der Waals surface area contributed by atoms with Crippen molar-refractivity contribution in [1.82, 2.24) is 9.97 Å². The maximum absolute atomic E-state index is 12.0. The number of alkyl halides is 3. The number of rotatable bonds is 1. The largest absolute Gasteiger partial charge is 0.419 e. The Labute approximate surface area is 71.9 Å². The van der Waals surface area contributed by atoms with Crippen LogP contribution in [0.3, 0.4) is 0 Å². The molecule has 0 radical (unpaired) electrons. The zero-order valence-corrected chi connectivity index (χ0v) is 6.34. The number of aromatic nitrogens is 2. The molecule has 0 aliphatic heterocycles. The second kappa shape index (κ2) is 3.39. The zero-order chi connectivity index (χ0) is 9.90. The average molecular weight is 187 g/mol. The first-order valence-corrected chi connectivity index (χ1v) is 3.29. The van der Waals surface area contributed by atoms with Crippen molar-refractivity contribution < 1.29 is 13.2 Å². The lowest BCUT2D eigenvalue weighted by Gasteiger charge is -2.04. The Hall–Kier alpha value is -1.64. The second-order valence-electron chi connectivity index (χ2n) is 2.22. The first kappa shape index (κ1) is 9.45. The molecule has 1 rings (SSSR count). The van der Waals surface area contributed by atoms with Crippen LogP contribution in [0.2, 0.25) is 0 Å². The van der Waals surface area contributed by atoms with Crippen LogP contribution in [0.25, 0.3) is 0 Å². The molecule has 0 amide bonds. The van der Waals surface area contributed by atoms with Crippen LogP contribution in [0.15, 0.2) is 12.4 Å². The molecule has 0 saturated heterocycles. The Balaban J connectivity index is 2.89. The van der Waals surface area contributed by atoms with Gasteiger partial charge in [-0.05, 0) is 0 Å². The molecule has 1 heterocycles. The minimum atomic E-state index is -4.43. The number of hydrogen-bond donors (Lipinski definition) is 0. The van der Waals surface area contributed by atoms with Crippen molar-refractivity contribution in [2.45, 2.75) is 12.6 Å². The molecule has 1 aromatic heterocycles. The summed E-state index contributed by atoms with van der Waals surface area (Å²) in [5, 5.41) is 8.20. The third-order valence-corrected chi connectivity index (χ3v) is 1.27. The fourth-order valence-corrected chi connectivity index (χ4v) is 0.663. The minimum Gasteiger partial charge on any atom is -0.240 e. The molecular weight excluding hydrogens is 183 g/mol. The number of halogens is 3. The Kier molecular flexibility index (Phi) is 2.46. The third kappa shape index (κ3) is 2.40. The highest BCUT2D eigenvalue weighted by atomic mass is 19.4. The molecule has 0 saturated carbocycles. The Morgan fingerprint density at radius 3 is 2.23 bits per heavy atom. The van der Waals surface area contributed by atoms with Crippen molar-refractivity contribution >= 4 is 0 Å². The molecule has 0 aliphatic carbocycles. The summed E-state index contributed by atoms with van der Waals surface area (Å²) in [5.41, 5.74) is -0.908. The van der Waals surface area contributed by atoms with Gasteiger partial charge in [0.25, 0.3) is 0 Å². The van der Waals surface area contributed by atoms with Gasteiger partial charge in [-0.2, -0.15) is 18.4 Å². The van der Waals surface area contributed by atoms with Gasteiger partial charge in [0, 0.05) is 12.4 Å². The van der Waals surface area contributed by atoms with E-state index in [1.54, 1.807) is 6.07 Å². The van der Waals surface area contributed by atoms with E-state index < -0.39 is 11.7 Å². The van der Waals surface area contributed by atoms with Gasteiger partial charge < -0.3 is 0 Å². The summed E-state index contributed by atoms with van der Waals surface area (Å²) >= 11 is 0. The molecule has 68 valence electrons. The number of nitriles is 1. The molecule has 0 fully saturated rings. The Morgan fingerprint density at radius 2 is 1.85 bits per heavy atom. The lowest BCUT2D eigenvalue weighted by atomic mass is 10.3. The lowest BCUT2D eigenvalue weighted by Crippen LogP contribution is -2.07. The highest BCUT2D eigenvalue weighted by Crippen LogP contribution is 2.27. The van der Waals surface area contributed by atoms with E-state index in [0.717, 1.165) is 0 Å². The van der Waals surface area contributed by atoms with E-state index in [1.165, 1.54) is 0 Å². The van der Waals surface area contributed by atoms with Crippen molar-refractivity contribution in [2.75, 3.05) is 0 Å². The van der Waals surface area contributed by atoms with Gasteiger partial charge in [0.2, 0.25) is 0 Å². The lowest BCUT2D eigenvalue weighted by molar-refractivity contribution is -0.138. The summed E-state index contributed by atoms with van der Waals surface area (Å²) in [6.07, 6.45) is -3.18. The van der Waals surface area contributed by atoms with Crippen LogP contribution < -0.4 is 0 Å². The minimum absolute atomic E-state index is 0.0852. The number of hydrogen-bond acceptors (Lipinski definition) is 3. The maximum Gasteiger partial charge on any atom is 0.419 e. The Bertz CT molecular complexity index is 322. The van der Waals surface area contributed by atoms with E-state index in [1.807, 2.05) is 0 Å². The summed E-state index contributed by atoms with van der Waals surface area (Å²) < 4.78 is 35.9. The van der Waals surface area contributed by atoms with Gasteiger partial charge in [0.15, 0.2) is 0 Å². The quantitative estimate of drug-likeness (QED) is 0.670. The van der Waals surface area contributed by atoms with Crippen molar-refractivity contribution in [3.63, 3.8) is 0 Å². The third-order valence-electron chi connectivity index (χ3n) is 1.27. The Morgan fingerprint density at radius 1 is 1.31 bits per heavy atom. The smallest absolute Gasteiger partial charge is 0.240 e. The molecule has 0 spiro atoms. The van der Waals surface area contributed by atoms with Crippen LogP contribution in [0, 0.1) is 11.3 Å². The SMILES string of the molecule is N#CCc1ncc(C(F)(F)F)cn1. The van der Waals surface area contributed by atoms with Crippen molar-refractivity contribution in [3.8, 4) is 6.07 Å². The fraction of sp³-hybridized carbons (Fsp3) is 0.286. The molecule has 6 heteroatoms. The molecule has 3 nitrogen and oxygen atoms in total. The standard InChI is InChI=1S/C7H4F3N3/c8-7(9,10)5-3-12-6(1-2-11)13-4-5/h3-4H,1H2. The first-order valence-electron chi connectivity index (χ1n) is 3.29. The van der Waals surface area contributed by atoms with Gasteiger partial charge in [-0.1, -0.05) is 0 Å². The van der Waals surface area contributed by atoms with Gasteiger partial charge >= 0.3 is 6.18 Å². The van der Waals surface area contributed by atoms with Crippen LogP contribution in [0.1, 0.15) is 11.4 Å². The van der Waals surface area contributed by atoms with Crippen molar-refractivity contribution in [1.29, 1.82) is 5.26 Å². The van der Waals surface area contributed by atoms with E-state index in [4.69, 9.17) is 5.26 Å². The summed E-state index contributed by atoms with van der Waals surface area (Å²) in [4.78, 5) is 6.76. The van der Waals surface area contributed by atoms with Crippen molar-refractivity contribution in [3.05, 3.63) is 23.8 Å². The van der Waals surface area contributed by atoms with Gasteiger partial charge in [-0.15, -0.1) is 0 Å². The van der Waals surface area contributed by atoms with E-state index in [0.29, 0.717) is 12.4 Å². The van der Waals surface area contributed by atoms with Crippen LogP contribution in [0.5, 0.6) is 0 Å². The first-order chi connectivity index (χ1) is 6.04. The molecule has 13 heavy (non-hydrogen) atoms. The average Bonchev–Trinajstić information content (AvgIpc) is 2.04. The van der Waals surface area contributed by atoms with Crippen LogP contribution >= 0.6 is 0 Å². The summed E-state index contributed by atoms with van der Waals surface area (Å²) in [6, 6.07) is 1.74. The van der Waals surface area contributed by atoms with Crippen LogP contribution in [-0.4, -0.2) is 9.97 Å². The van der Waals surface area contributed by atoms with Crippen molar-refractivity contribution in [2.24, 2.45) is 0 Å². The fourth-order valence-electron chi connectivity index (χ4n) is 0.663. The second-order valence-corrected chi connectivity index (χ2v) is 2.22. The highest BCUT2D eigenvalue weighted by molar-refractivity contribution is 5.10. The molecule has 1 aromatic rings. The maximum atomic E-state index is 12.0. The summed E-state index contributed by atoms with van der Waals surface area (Å²) in [7, 11) is 0. The van der Waals surface area contributed by atoms with Gasteiger partial charge in [0.05, 0.1) is 18.1 Å². The summed E-state index contributed by atoms with van der Waals surface area (Å²) in [5.74, 6) is 0.0931. The molecular formula is C7H4F3N3. The predicted octanol–water partition coefficient (Wildman–Crippen LogP) is 1.56. The van der Waals surface area contributed by atoms with Crippen LogP contribution in [0.4, 0.5) is 13.2 Å². The monoisotopic (exact) mass is 187 g/mol. The van der Waals surface area contributed by atoms with Crippen LogP contribution in [-0.2, 0) is 12.6 Å². The van der Waals surface area contributed by atoms with E-state index in [9.17, 15) is 13.2 Å². The van der Waals surface area contributed by atoms with E-state index >= 15 is 0 Å². The van der Waals surface area contributed by atoms with E-state index in [2.05, 4.69) is 9.97 Å². The normalized spacial score (nSPS) is 10.9.